The number of hydrogen-bond donors (Lipinski definition) is 1. The number of hydrogen-bond acceptors (Lipinski definition) is 4. The number of carbonyl (C=O) groups excluding carboxylic acids is 1. The molecule has 0 atom stereocenters. The molecule has 1 amide bonds. The number of aliphatic hydroxyl groups excluding tert-OH is 1. The topological polar surface area (TPSA) is 66.3 Å². The summed E-state index contributed by atoms with van der Waals surface area (Å²) in [6.07, 6.45) is 5.85. The fourth-order valence-corrected chi connectivity index (χ4v) is 1.95. The molecule has 5 heteroatoms. The van der Waals surface area contributed by atoms with Gasteiger partial charge in [0, 0.05) is 26.0 Å². The van der Waals surface area contributed by atoms with Gasteiger partial charge in [-0.1, -0.05) is 0 Å². The van der Waals surface area contributed by atoms with E-state index in [1.807, 2.05) is 0 Å². The molecule has 0 radical (unpaired) electrons. The number of aliphatic hydroxyl groups is 1. The Kier molecular flexibility index (Phi) is 3.14. The molecule has 1 aromatic rings. The molecule has 16 heavy (non-hydrogen) atoms. The highest BCUT2D eigenvalue weighted by Gasteiger charge is 2.29. The van der Waals surface area contributed by atoms with Crippen LogP contribution in [-0.2, 0) is 0 Å². The Morgan fingerprint density at radius 1 is 1.50 bits per heavy atom. The van der Waals surface area contributed by atoms with Gasteiger partial charge in [-0.15, -0.1) is 0 Å². The number of carbonyl (C=O) groups is 1. The summed E-state index contributed by atoms with van der Waals surface area (Å²) in [5.41, 5.74) is 0.505. The van der Waals surface area contributed by atoms with Crippen LogP contribution in [0.1, 0.15) is 23.2 Å². The number of nitrogens with zero attached hydrogens (tertiary/aromatic N) is 3. The maximum atomic E-state index is 11.9. The van der Waals surface area contributed by atoms with Gasteiger partial charge >= 0.3 is 0 Å². The lowest BCUT2D eigenvalue weighted by Crippen LogP contribution is -2.39. The first-order chi connectivity index (χ1) is 7.66. The third kappa shape index (κ3) is 2.36. The molecule has 1 aliphatic carbocycles. The molecule has 1 heterocycles. The van der Waals surface area contributed by atoms with Crippen LogP contribution in [0.5, 0.6) is 0 Å². The molecule has 1 fully saturated rings. The Balaban J connectivity index is 1.90. The van der Waals surface area contributed by atoms with Crippen molar-refractivity contribution in [1.29, 1.82) is 0 Å². The fraction of sp³-hybridized carbons (Fsp3) is 0.545. The summed E-state index contributed by atoms with van der Waals surface area (Å²) in [7, 11) is 1.76. The number of amides is 1. The number of rotatable bonds is 3. The van der Waals surface area contributed by atoms with E-state index >= 15 is 0 Å². The van der Waals surface area contributed by atoms with E-state index in [0.29, 0.717) is 18.0 Å². The lowest BCUT2D eigenvalue weighted by Gasteiger charge is -2.34. The maximum Gasteiger partial charge on any atom is 0.256 e. The Hall–Kier alpha value is -1.49. The zero-order valence-corrected chi connectivity index (χ0v) is 9.21. The molecule has 5 nitrogen and oxygen atoms in total. The van der Waals surface area contributed by atoms with E-state index < -0.39 is 0 Å². The van der Waals surface area contributed by atoms with Crippen LogP contribution in [-0.4, -0.2) is 45.6 Å². The molecule has 0 saturated heterocycles. The molecule has 0 bridgehead atoms. The summed E-state index contributed by atoms with van der Waals surface area (Å²) in [5.74, 6) is 0.357. The van der Waals surface area contributed by atoms with Crippen molar-refractivity contribution in [2.45, 2.75) is 18.9 Å². The Bertz CT molecular complexity index is 363. The van der Waals surface area contributed by atoms with E-state index in [4.69, 9.17) is 5.11 Å². The molecule has 86 valence electrons. The molecular formula is C11H15N3O2. The van der Waals surface area contributed by atoms with E-state index in [0.717, 1.165) is 12.8 Å². The molecule has 2 rings (SSSR count). The quantitative estimate of drug-likeness (QED) is 0.798. The zero-order chi connectivity index (χ0) is 11.5. The molecule has 1 aromatic heterocycles. The Morgan fingerprint density at radius 3 is 2.69 bits per heavy atom. The van der Waals surface area contributed by atoms with Crippen LogP contribution >= 0.6 is 0 Å². The van der Waals surface area contributed by atoms with Crippen molar-refractivity contribution in [3.63, 3.8) is 0 Å². The monoisotopic (exact) mass is 221 g/mol. The van der Waals surface area contributed by atoms with Gasteiger partial charge in [0.05, 0.1) is 11.7 Å². The summed E-state index contributed by atoms with van der Waals surface area (Å²) >= 11 is 0. The van der Waals surface area contributed by atoms with E-state index in [2.05, 4.69) is 9.97 Å². The SMILES string of the molecule is CN(CC1CC(O)C1)C(=O)c1cncnc1. The first-order valence-electron chi connectivity index (χ1n) is 5.35. The molecule has 1 saturated carbocycles. The third-order valence-corrected chi connectivity index (χ3v) is 2.90. The van der Waals surface area contributed by atoms with Gasteiger partial charge in [0.25, 0.3) is 5.91 Å². The average Bonchev–Trinajstić information content (AvgIpc) is 2.27. The second-order valence-electron chi connectivity index (χ2n) is 4.30. The molecule has 1 N–H and O–H groups in total. The minimum atomic E-state index is -0.173. The summed E-state index contributed by atoms with van der Waals surface area (Å²) in [4.78, 5) is 21.2. The van der Waals surface area contributed by atoms with Gasteiger partial charge in [-0.25, -0.2) is 9.97 Å². The summed E-state index contributed by atoms with van der Waals surface area (Å²) < 4.78 is 0. The predicted molar refractivity (Wildman–Crippen MR) is 57.7 cm³/mol. The van der Waals surface area contributed by atoms with Crippen LogP contribution in [0.25, 0.3) is 0 Å². The van der Waals surface area contributed by atoms with Crippen molar-refractivity contribution in [3.8, 4) is 0 Å². The van der Waals surface area contributed by atoms with Crippen LogP contribution in [0.4, 0.5) is 0 Å². The van der Waals surface area contributed by atoms with Gasteiger partial charge < -0.3 is 10.0 Å². The van der Waals surface area contributed by atoms with E-state index in [9.17, 15) is 4.79 Å². The maximum absolute atomic E-state index is 11.9. The van der Waals surface area contributed by atoms with Crippen molar-refractivity contribution in [2.24, 2.45) is 5.92 Å². The van der Waals surface area contributed by atoms with Crippen LogP contribution in [0, 0.1) is 5.92 Å². The molecule has 0 spiro atoms. The van der Waals surface area contributed by atoms with Gasteiger partial charge in [-0.2, -0.15) is 0 Å². The van der Waals surface area contributed by atoms with Gasteiger partial charge in [0.1, 0.15) is 6.33 Å². The van der Waals surface area contributed by atoms with Gasteiger partial charge in [-0.05, 0) is 18.8 Å². The van der Waals surface area contributed by atoms with E-state index in [-0.39, 0.29) is 12.0 Å². The lowest BCUT2D eigenvalue weighted by atomic mass is 9.82. The molecule has 0 aromatic carbocycles. The third-order valence-electron chi connectivity index (χ3n) is 2.90. The van der Waals surface area contributed by atoms with Gasteiger partial charge in [0.2, 0.25) is 0 Å². The van der Waals surface area contributed by atoms with Crippen molar-refractivity contribution in [2.75, 3.05) is 13.6 Å². The average molecular weight is 221 g/mol. The van der Waals surface area contributed by atoms with Crippen LogP contribution in [0.15, 0.2) is 18.7 Å². The Labute approximate surface area is 94.1 Å². The first-order valence-corrected chi connectivity index (χ1v) is 5.35. The van der Waals surface area contributed by atoms with Crippen molar-refractivity contribution in [3.05, 3.63) is 24.3 Å². The fourth-order valence-electron chi connectivity index (χ4n) is 1.95. The second kappa shape index (κ2) is 4.57. The summed E-state index contributed by atoms with van der Waals surface area (Å²) in [6, 6.07) is 0. The molecular weight excluding hydrogens is 206 g/mol. The lowest BCUT2D eigenvalue weighted by molar-refractivity contribution is 0.0265. The highest BCUT2D eigenvalue weighted by Crippen LogP contribution is 2.27. The van der Waals surface area contributed by atoms with Gasteiger partial charge in [-0.3, -0.25) is 4.79 Å². The number of aromatic nitrogens is 2. The second-order valence-corrected chi connectivity index (χ2v) is 4.30. The molecule has 1 aliphatic rings. The standard InChI is InChI=1S/C11H15N3O2/c1-14(6-8-2-10(15)3-8)11(16)9-4-12-7-13-5-9/h4-5,7-8,10,15H,2-3,6H2,1H3. The van der Waals surface area contributed by atoms with E-state index in [1.165, 1.54) is 18.7 Å². The summed E-state index contributed by atoms with van der Waals surface area (Å²) in [6.45, 7) is 0.685. The highest BCUT2D eigenvalue weighted by molar-refractivity contribution is 5.93. The minimum Gasteiger partial charge on any atom is -0.393 e. The zero-order valence-electron chi connectivity index (χ0n) is 9.21. The van der Waals surface area contributed by atoms with Gasteiger partial charge in [0.15, 0.2) is 0 Å². The normalized spacial score (nSPS) is 23.6. The van der Waals surface area contributed by atoms with Crippen molar-refractivity contribution >= 4 is 5.91 Å². The predicted octanol–water partition coefficient (Wildman–Crippen LogP) is 0.319. The molecule has 0 unspecified atom stereocenters. The molecule has 0 aliphatic heterocycles. The van der Waals surface area contributed by atoms with Crippen LogP contribution in [0.2, 0.25) is 0 Å². The summed E-state index contributed by atoms with van der Waals surface area (Å²) in [5, 5.41) is 9.16. The van der Waals surface area contributed by atoms with Crippen LogP contribution < -0.4 is 0 Å². The van der Waals surface area contributed by atoms with Crippen molar-refractivity contribution < 1.29 is 9.90 Å². The largest absolute Gasteiger partial charge is 0.393 e. The van der Waals surface area contributed by atoms with E-state index in [1.54, 1.807) is 11.9 Å². The highest BCUT2D eigenvalue weighted by atomic mass is 16.3. The van der Waals surface area contributed by atoms with Crippen LogP contribution in [0.3, 0.4) is 0 Å². The first kappa shape index (κ1) is 11.0. The smallest absolute Gasteiger partial charge is 0.256 e. The minimum absolute atomic E-state index is 0.0676. The van der Waals surface area contributed by atoms with Crippen molar-refractivity contribution in [1.82, 2.24) is 14.9 Å². The Morgan fingerprint density at radius 2 is 2.12 bits per heavy atom.